The maximum atomic E-state index is 14.3. The Bertz CT molecular complexity index is 1710. The average molecular weight is 683 g/mol. The normalized spacial score (nSPS) is 10.7. The Balaban J connectivity index is 0.000000264. The Morgan fingerprint density at radius 2 is 0.833 bits per heavy atom. The fourth-order valence-corrected chi connectivity index (χ4v) is 4.21. The summed E-state index contributed by atoms with van der Waals surface area (Å²) in [5.41, 5.74) is -1.71. The molecule has 0 bridgehead atoms. The third kappa shape index (κ3) is 8.99. The van der Waals surface area contributed by atoms with Gasteiger partial charge in [0.2, 0.25) is 23.3 Å². The number of ether oxygens (including phenoxy) is 3. The lowest BCUT2D eigenvalue weighted by Crippen LogP contribution is -2.03. The van der Waals surface area contributed by atoms with Crippen LogP contribution in [0.4, 0.5) is 35.1 Å². The van der Waals surface area contributed by atoms with E-state index in [4.69, 9.17) is 19.3 Å². The largest absolute Gasteiger partial charge is 0.505 e. The molecule has 4 aromatic rings. The maximum Gasteiger partial charge on any atom is 0.201 e. The minimum atomic E-state index is -1.51. The van der Waals surface area contributed by atoms with Crippen molar-refractivity contribution in [1.82, 2.24) is 0 Å². The van der Waals surface area contributed by atoms with Gasteiger partial charge in [-0.25, -0.2) is 17.6 Å². The molecule has 0 aromatic heterocycles. The number of hydrogen-bond acceptors (Lipinski definition) is 4. The standard InChI is InChI=1S/C20H20F4O2.C16H14F4O2/c1-3-5-11-25-15-9-7-13(17(21)19(15)23)14-8-10-16(20(24)18(14)22)26-12-6-4-2;1-2-3-8-22-12-7-5-10(14(18)16(12)20)9-4-6-11(21)15(19)13(9)17/h3,7-10H,1,4-6,11-12H2,2H3;4-7,21H,2-3,8H2,1H3. The molecule has 0 aliphatic rings. The van der Waals surface area contributed by atoms with E-state index in [1.54, 1.807) is 6.08 Å². The summed E-state index contributed by atoms with van der Waals surface area (Å²) >= 11 is 0. The number of phenols is 1. The molecule has 48 heavy (non-hydrogen) atoms. The molecular formula is C36H34F8O4. The van der Waals surface area contributed by atoms with E-state index in [1.807, 2.05) is 13.8 Å². The highest BCUT2D eigenvalue weighted by molar-refractivity contribution is 5.68. The van der Waals surface area contributed by atoms with Gasteiger partial charge in [0.05, 0.1) is 19.8 Å². The van der Waals surface area contributed by atoms with Crippen LogP contribution in [0.25, 0.3) is 22.3 Å². The summed E-state index contributed by atoms with van der Waals surface area (Å²) in [6, 6.07) is 8.81. The van der Waals surface area contributed by atoms with Gasteiger partial charge in [-0.3, -0.25) is 0 Å². The van der Waals surface area contributed by atoms with Gasteiger partial charge in [0.25, 0.3) is 0 Å². The monoisotopic (exact) mass is 682 g/mol. The third-order valence-corrected chi connectivity index (χ3v) is 6.87. The van der Waals surface area contributed by atoms with Crippen LogP contribution in [-0.2, 0) is 0 Å². The average Bonchev–Trinajstić information content (AvgIpc) is 3.07. The first kappa shape index (κ1) is 37.7. The summed E-state index contributed by atoms with van der Waals surface area (Å²) in [6.45, 7) is 7.96. The predicted molar refractivity (Wildman–Crippen MR) is 166 cm³/mol. The topological polar surface area (TPSA) is 47.9 Å². The predicted octanol–water partition coefficient (Wildman–Crippen LogP) is 10.8. The molecule has 0 aliphatic heterocycles. The molecule has 0 spiro atoms. The molecule has 0 saturated heterocycles. The molecule has 0 fully saturated rings. The zero-order chi connectivity index (χ0) is 35.4. The number of unbranched alkanes of at least 4 members (excludes halogenated alkanes) is 2. The summed E-state index contributed by atoms with van der Waals surface area (Å²) in [5, 5.41) is 9.06. The van der Waals surface area contributed by atoms with Crippen LogP contribution in [0.5, 0.6) is 23.0 Å². The molecular weight excluding hydrogens is 648 g/mol. The van der Waals surface area contributed by atoms with E-state index in [0.29, 0.717) is 19.3 Å². The minimum Gasteiger partial charge on any atom is -0.505 e. The van der Waals surface area contributed by atoms with Crippen molar-refractivity contribution in [3.63, 3.8) is 0 Å². The van der Waals surface area contributed by atoms with Crippen LogP contribution in [0.2, 0.25) is 0 Å². The van der Waals surface area contributed by atoms with Crippen LogP contribution in [-0.4, -0.2) is 24.9 Å². The van der Waals surface area contributed by atoms with Gasteiger partial charge < -0.3 is 19.3 Å². The van der Waals surface area contributed by atoms with Crippen LogP contribution < -0.4 is 14.2 Å². The number of phenolic OH excluding ortho intramolecular Hbond substituents is 1. The van der Waals surface area contributed by atoms with Gasteiger partial charge >= 0.3 is 0 Å². The van der Waals surface area contributed by atoms with Crippen molar-refractivity contribution in [3.8, 4) is 45.3 Å². The second-order valence-corrected chi connectivity index (χ2v) is 10.3. The number of hydrogen-bond donors (Lipinski definition) is 1. The Morgan fingerprint density at radius 1 is 0.500 bits per heavy atom. The fourth-order valence-electron chi connectivity index (χ4n) is 4.21. The summed E-state index contributed by atoms with van der Waals surface area (Å²) in [5.74, 6) is -12.4. The van der Waals surface area contributed by atoms with Crippen LogP contribution in [0.15, 0.2) is 61.2 Å². The van der Waals surface area contributed by atoms with Crippen molar-refractivity contribution in [2.45, 2.75) is 46.0 Å². The molecule has 0 unspecified atom stereocenters. The SMILES string of the molecule is C=CCCOc1ccc(-c2ccc(OCCCC)c(F)c2F)c(F)c1F.CCCCOc1ccc(-c2ccc(O)c(F)c2F)c(F)c1F. The smallest absolute Gasteiger partial charge is 0.201 e. The first-order chi connectivity index (χ1) is 23.0. The lowest BCUT2D eigenvalue weighted by atomic mass is 10.0. The van der Waals surface area contributed by atoms with E-state index in [-0.39, 0.29) is 42.6 Å². The summed E-state index contributed by atoms with van der Waals surface area (Å²) in [4.78, 5) is 0. The van der Waals surface area contributed by atoms with E-state index in [1.165, 1.54) is 12.1 Å². The number of rotatable bonds is 14. The van der Waals surface area contributed by atoms with Crippen molar-refractivity contribution in [3.05, 3.63) is 108 Å². The molecule has 0 radical (unpaired) electrons. The first-order valence-corrected chi connectivity index (χ1v) is 15.1. The zero-order valence-electron chi connectivity index (χ0n) is 26.3. The third-order valence-electron chi connectivity index (χ3n) is 6.87. The van der Waals surface area contributed by atoms with Crippen molar-refractivity contribution in [1.29, 1.82) is 0 Å². The Kier molecular flexibility index (Phi) is 14.1. The van der Waals surface area contributed by atoms with Gasteiger partial charge in [-0.1, -0.05) is 32.8 Å². The summed E-state index contributed by atoms with van der Waals surface area (Å²) < 4.78 is 127. The maximum absolute atomic E-state index is 14.3. The van der Waals surface area contributed by atoms with Crippen molar-refractivity contribution < 1.29 is 54.4 Å². The highest BCUT2D eigenvalue weighted by Crippen LogP contribution is 2.36. The highest BCUT2D eigenvalue weighted by atomic mass is 19.2. The summed E-state index contributed by atoms with van der Waals surface area (Å²) in [7, 11) is 0. The van der Waals surface area contributed by atoms with Crippen molar-refractivity contribution in [2.75, 3.05) is 19.8 Å². The van der Waals surface area contributed by atoms with E-state index in [0.717, 1.165) is 49.2 Å². The molecule has 1 N–H and O–H groups in total. The molecule has 0 amide bonds. The first-order valence-electron chi connectivity index (χ1n) is 15.1. The molecule has 0 aliphatic carbocycles. The van der Waals surface area contributed by atoms with E-state index in [9.17, 15) is 35.1 Å². The second-order valence-electron chi connectivity index (χ2n) is 10.3. The van der Waals surface area contributed by atoms with Gasteiger partial charge in [-0.05, 0) is 67.8 Å². The second kappa shape index (κ2) is 18.0. The highest BCUT2D eigenvalue weighted by Gasteiger charge is 2.23. The van der Waals surface area contributed by atoms with Crippen LogP contribution in [0.1, 0.15) is 46.0 Å². The van der Waals surface area contributed by atoms with E-state index in [2.05, 4.69) is 6.58 Å². The van der Waals surface area contributed by atoms with Gasteiger partial charge in [-0.2, -0.15) is 17.6 Å². The van der Waals surface area contributed by atoms with Gasteiger partial charge in [0.1, 0.15) is 0 Å². The quantitative estimate of drug-likeness (QED) is 0.0817. The van der Waals surface area contributed by atoms with Crippen molar-refractivity contribution in [2.24, 2.45) is 0 Å². The fraction of sp³-hybridized carbons (Fsp3) is 0.278. The molecule has 4 nitrogen and oxygen atoms in total. The number of benzene rings is 4. The molecule has 258 valence electrons. The molecule has 4 aromatic carbocycles. The molecule has 0 heterocycles. The number of halogens is 8. The van der Waals surface area contributed by atoms with Crippen molar-refractivity contribution >= 4 is 0 Å². The van der Waals surface area contributed by atoms with Gasteiger partial charge in [-0.15, -0.1) is 6.58 Å². The minimum absolute atomic E-state index is 0.131. The Morgan fingerprint density at radius 3 is 1.19 bits per heavy atom. The van der Waals surface area contributed by atoms with E-state index >= 15 is 0 Å². The summed E-state index contributed by atoms with van der Waals surface area (Å²) in [6.07, 6.45) is 5.08. The van der Waals surface area contributed by atoms with E-state index < -0.39 is 69.0 Å². The van der Waals surface area contributed by atoms with Gasteiger partial charge in [0, 0.05) is 22.3 Å². The number of aromatic hydroxyl groups is 1. The Hall–Kier alpha value is -4.74. The molecule has 0 atom stereocenters. The Labute approximate surface area is 273 Å². The van der Waals surface area contributed by atoms with Crippen LogP contribution in [0, 0.1) is 46.5 Å². The lowest BCUT2D eigenvalue weighted by molar-refractivity contribution is 0.289. The molecule has 12 heteroatoms. The molecule has 4 rings (SSSR count). The van der Waals surface area contributed by atoms with Gasteiger partial charge in [0.15, 0.2) is 46.3 Å². The zero-order valence-corrected chi connectivity index (χ0v) is 26.3. The van der Waals surface area contributed by atoms with Crippen LogP contribution in [0.3, 0.4) is 0 Å². The van der Waals surface area contributed by atoms with Crippen LogP contribution >= 0.6 is 0 Å². The molecule has 0 saturated carbocycles. The lowest BCUT2D eigenvalue weighted by Gasteiger charge is -2.12.